The number of thiophene rings is 1. The van der Waals surface area contributed by atoms with Gasteiger partial charge >= 0.3 is 0 Å². The molecule has 0 saturated heterocycles. The fourth-order valence-corrected chi connectivity index (χ4v) is 6.38. The van der Waals surface area contributed by atoms with Crippen molar-refractivity contribution >= 4 is 35.3 Å². The highest BCUT2D eigenvalue weighted by molar-refractivity contribution is 7.13. The van der Waals surface area contributed by atoms with Gasteiger partial charge in [0.1, 0.15) is 17.1 Å². The Hall–Kier alpha value is -3.74. The van der Waals surface area contributed by atoms with Crippen LogP contribution < -0.4 is 9.64 Å². The van der Waals surface area contributed by atoms with Gasteiger partial charge in [-0.05, 0) is 88.4 Å². The van der Waals surface area contributed by atoms with Gasteiger partial charge in [0.2, 0.25) is 5.70 Å². The number of nitrogens with zero attached hydrogens (tertiary/aromatic N) is 3. The molecular formula is C31H31N3O2S. The smallest absolute Gasteiger partial charge is 0.236 e. The van der Waals surface area contributed by atoms with Crippen LogP contribution in [0.2, 0.25) is 0 Å². The van der Waals surface area contributed by atoms with Gasteiger partial charge in [0.05, 0.1) is 25.3 Å². The number of hydrogen-bond donors (Lipinski definition) is 0. The molecule has 4 heterocycles. The van der Waals surface area contributed by atoms with Crippen LogP contribution in [0.3, 0.4) is 0 Å². The molecule has 0 atom stereocenters. The molecule has 0 bridgehead atoms. The lowest BCUT2D eigenvalue weighted by atomic mass is 9.89. The maximum Gasteiger partial charge on any atom is 0.236 e. The van der Waals surface area contributed by atoms with Gasteiger partial charge in [0, 0.05) is 45.2 Å². The standard InChI is InChI=1S/C31H31N3O2S/c1-20(19-32)29-27(33-4)26(31(2,3)36-29)15-14-24-13-12-23(37-24)11-10-22-18-21-8-6-16-34-17-7-9-25(28(21)34)30(22)35-5/h10-15,18H,6-9,16-17H2,1-3,5H3/b11-10+,15-14+,29-20+. The summed E-state index contributed by atoms with van der Waals surface area (Å²) in [6, 6.07) is 8.62. The summed E-state index contributed by atoms with van der Waals surface area (Å²) in [5.41, 5.74) is 6.35. The average molecular weight is 510 g/mol. The number of ether oxygens (including phenoxy) is 2. The minimum absolute atomic E-state index is 0.387. The van der Waals surface area contributed by atoms with E-state index in [1.165, 1.54) is 29.7 Å². The fraction of sp³-hybridized carbons (Fsp3) is 0.355. The lowest BCUT2D eigenvalue weighted by molar-refractivity contribution is 0.0948. The van der Waals surface area contributed by atoms with Crippen molar-refractivity contribution in [1.82, 2.24) is 0 Å². The number of allylic oxidation sites excluding steroid dienone is 1. The van der Waals surface area contributed by atoms with E-state index in [2.05, 4.69) is 46.2 Å². The van der Waals surface area contributed by atoms with Crippen LogP contribution in [0.5, 0.6) is 5.75 Å². The third kappa shape index (κ3) is 4.59. The zero-order valence-corrected chi connectivity index (χ0v) is 22.7. The molecule has 0 fully saturated rings. The van der Waals surface area contributed by atoms with Crippen LogP contribution in [-0.4, -0.2) is 25.8 Å². The lowest BCUT2D eigenvalue weighted by Gasteiger charge is -2.38. The van der Waals surface area contributed by atoms with E-state index < -0.39 is 5.60 Å². The molecule has 5 rings (SSSR count). The summed E-state index contributed by atoms with van der Waals surface area (Å²) in [6.45, 7) is 15.5. The molecule has 6 heteroatoms. The Kier molecular flexibility index (Phi) is 6.71. The minimum atomic E-state index is -0.664. The van der Waals surface area contributed by atoms with Crippen LogP contribution in [0.4, 0.5) is 5.69 Å². The highest BCUT2D eigenvalue weighted by Gasteiger charge is 2.37. The number of rotatable bonds is 5. The molecular weight excluding hydrogens is 478 g/mol. The lowest BCUT2D eigenvalue weighted by Crippen LogP contribution is -2.34. The number of nitriles is 1. The Labute approximate surface area is 223 Å². The van der Waals surface area contributed by atoms with Crippen molar-refractivity contribution in [2.75, 3.05) is 25.1 Å². The molecule has 0 radical (unpaired) electrons. The van der Waals surface area contributed by atoms with Gasteiger partial charge in [-0.1, -0.05) is 6.08 Å². The van der Waals surface area contributed by atoms with Crippen molar-refractivity contribution in [3.8, 4) is 11.8 Å². The summed E-state index contributed by atoms with van der Waals surface area (Å²) < 4.78 is 11.9. The highest BCUT2D eigenvalue weighted by Crippen LogP contribution is 2.44. The van der Waals surface area contributed by atoms with E-state index in [9.17, 15) is 5.26 Å². The number of benzene rings is 1. The summed E-state index contributed by atoms with van der Waals surface area (Å²) >= 11 is 1.69. The topological polar surface area (TPSA) is 49.8 Å². The van der Waals surface area contributed by atoms with Crippen molar-refractivity contribution in [1.29, 1.82) is 5.26 Å². The Balaban J connectivity index is 1.42. The van der Waals surface area contributed by atoms with Crippen molar-refractivity contribution in [2.45, 2.75) is 52.1 Å². The van der Waals surface area contributed by atoms with Gasteiger partial charge in [0.15, 0.2) is 0 Å². The normalized spacial score (nSPS) is 19.6. The molecule has 0 aliphatic carbocycles. The molecule has 0 N–H and O–H groups in total. The maximum atomic E-state index is 9.30. The zero-order valence-electron chi connectivity index (χ0n) is 21.9. The second-order valence-corrected chi connectivity index (χ2v) is 11.3. The molecule has 0 spiro atoms. The predicted octanol–water partition coefficient (Wildman–Crippen LogP) is 7.42. The molecule has 0 amide bonds. The van der Waals surface area contributed by atoms with Crippen LogP contribution >= 0.6 is 11.3 Å². The molecule has 3 aliphatic rings. The third-order valence-electron chi connectivity index (χ3n) is 7.29. The van der Waals surface area contributed by atoms with Gasteiger partial charge < -0.3 is 14.4 Å². The summed E-state index contributed by atoms with van der Waals surface area (Å²) in [7, 11) is 1.78. The average Bonchev–Trinajstić information content (AvgIpc) is 3.46. The van der Waals surface area contributed by atoms with Crippen LogP contribution in [0.15, 0.2) is 46.9 Å². The van der Waals surface area contributed by atoms with Crippen LogP contribution in [0, 0.1) is 17.9 Å². The number of methoxy groups -OCH3 is 1. The molecule has 1 aromatic carbocycles. The first-order valence-electron chi connectivity index (χ1n) is 12.7. The van der Waals surface area contributed by atoms with E-state index in [0.717, 1.165) is 52.6 Å². The van der Waals surface area contributed by atoms with Crippen molar-refractivity contribution in [3.63, 3.8) is 0 Å². The van der Waals surface area contributed by atoms with E-state index in [1.54, 1.807) is 25.4 Å². The van der Waals surface area contributed by atoms with E-state index in [1.807, 2.05) is 26.0 Å². The number of anilines is 1. The van der Waals surface area contributed by atoms with E-state index in [4.69, 9.17) is 16.0 Å². The van der Waals surface area contributed by atoms with Gasteiger partial charge in [-0.3, -0.25) is 0 Å². The van der Waals surface area contributed by atoms with Crippen molar-refractivity contribution < 1.29 is 9.47 Å². The van der Waals surface area contributed by atoms with Crippen LogP contribution in [0.1, 0.15) is 60.1 Å². The summed E-state index contributed by atoms with van der Waals surface area (Å²) in [5, 5.41) is 9.30. The predicted molar refractivity (Wildman–Crippen MR) is 151 cm³/mol. The zero-order chi connectivity index (χ0) is 26.2. The Bertz CT molecular complexity index is 1450. The van der Waals surface area contributed by atoms with Gasteiger partial charge in [-0.15, -0.1) is 11.3 Å². The highest BCUT2D eigenvalue weighted by atomic mass is 32.1. The number of hydrogen-bond acceptors (Lipinski definition) is 5. The maximum absolute atomic E-state index is 9.30. The molecule has 1 aromatic heterocycles. The number of aryl methyl sites for hydroxylation is 1. The summed E-state index contributed by atoms with van der Waals surface area (Å²) in [5.74, 6) is 1.40. The second kappa shape index (κ2) is 9.96. The SMILES string of the molecule is [C-]#[N+]C1=C(/C=C/c2ccc(/C=C/c3cc4c5c(c3OC)CCCN5CCC4)s2)C(C)(C)O/C1=C(\C)C#N. The van der Waals surface area contributed by atoms with E-state index >= 15 is 0 Å². The van der Waals surface area contributed by atoms with Crippen LogP contribution in [0.25, 0.3) is 23.1 Å². The van der Waals surface area contributed by atoms with Crippen LogP contribution in [-0.2, 0) is 17.6 Å². The fourth-order valence-electron chi connectivity index (χ4n) is 5.57. The molecule has 5 nitrogen and oxygen atoms in total. The van der Waals surface area contributed by atoms with E-state index in [-0.39, 0.29) is 0 Å². The molecule has 0 saturated carbocycles. The monoisotopic (exact) mass is 509 g/mol. The van der Waals surface area contributed by atoms with Gasteiger partial charge in [-0.2, -0.15) is 5.26 Å². The molecule has 0 unspecified atom stereocenters. The first-order valence-corrected chi connectivity index (χ1v) is 13.5. The molecule has 188 valence electrons. The minimum Gasteiger partial charge on any atom is -0.496 e. The van der Waals surface area contributed by atoms with Gasteiger partial charge in [0.25, 0.3) is 0 Å². The quantitative estimate of drug-likeness (QED) is 0.311. The molecule has 37 heavy (non-hydrogen) atoms. The Morgan fingerprint density at radius 3 is 2.54 bits per heavy atom. The van der Waals surface area contributed by atoms with E-state index in [0.29, 0.717) is 17.0 Å². The first-order chi connectivity index (χ1) is 17.9. The first kappa shape index (κ1) is 24.9. The molecule has 3 aliphatic heterocycles. The second-order valence-electron chi connectivity index (χ2n) is 10.1. The largest absolute Gasteiger partial charge is 0.496 e. The Morgan fingerprint density at radius 1 is 1.16 bits per heavy atom. The van der Waals surface area contributed by atoms with Crippen molar-refractivity contribution in [3.05, 3.63) is 84.7 Å². The summed E-state index contributed by atoms with van der Waals surface area (Å²) in [4.78, 5) is 8.46. The Morgan fingerprint density at radius 2 is 1.86 bits per heavy atom. The third-order valence-corrected chi connectivity index (χ3v) is 8.31. The van der Waals surface area contributed by atoms with Gasteiger partial charge in [-0.25, -0.2) is 4.85 Å². The summed E-state index contributed by atoms with van der Waals surface area (Å²) in [6.07, 6.45) is 12.9. The van der Waals surface area contributed by atoms with Crippen molar-refractivity contribution in [2.24, 2.45) is 0 Å². The molecule has 2 aromatic rings.